The zero-order chi connectivity index (χ0) is 14.2. The summed E-state index contributed by atoms with van der Waals surface area (Å²) < 4.78 is 5.28. The fourth-order valence-electron chi connectivity index (χ4n) is 2.36. The zero-order valence-electron chi connectivity index (χ0n) is 11.4. The van der Waals surface area contributed by atoms with Crippen molar-refractivity contribution in [3.8, 4) is 22.8 Å². The van der Waals surface area contributed by atoms with E-state index in [1.54, 1.807) is 6.92 Å². The van der Waals surface area contributed by atoms with E-state index in [0.29, 0.717) is 11.7 Å². The van der Waals surface area contributed by atoms with Gasteiger partial charge < -0.3 is 9.51 Å². The van der Waals surface area contributed by atoms with Crippen LogP contribution >= 0.6 is 0 Å². The maximum Gasteiger partial charge on any atom is 0.258 e. The van der Waals surface area contributed by atoms with Crippen molar-refractivity contribution in [1.29, 1.82) is 0 Å². The van der Waals surface area contributed by atoms with E-state index < -0.39 is 0 Å². The number of aromatic amines is 1. The fourth-order valence-corrected chi connectivity index (χ4v) is 2.36. The van der Waals surface area contributed by atoms with Crippen molar-refractivity contribution in [2.45, 2.75) is 6.92 Å². The highest BCUT2D eigenvalue weighted by Gasteiger charge is 2.15. The molecule has 0 saturated carbocycles. The van der Waals surface area contributed by atoms with Crippen molar-refractivity contribution in [3.05, 3.63) is 54.4 Å². The Morgan fingerprint density at radius 2 is 1.67 bits per heavy atom. The highest BCUT2D eigenvalue weighted by Crippen LogP contribution is 2.30. The minimum Gasteiger partial charge on any atom is -0.338 e. The quantitative estimate of drug-likeness (QED) is 0.607. The third-order valence-electron chi connectivity index (χ3n) is 3.33. The molecule has 0 aliphatic carbocycles. The van der Waals surface area contributed by atoms with E-state index in [1.807, 2.05) is 48.5 Å². The topological polar surface area (TPSA) is 67.6 Å². The van der Waals surface area contributed by atoms with Gasteiger partial charge in [-0.15, -0.1) is 0 Å². The van der Waals surface area contributed by atoms with Gasteiger partial charge in [0.15, 0.2) is 5.82 Å². The summed E-state index contributed by atoms with van der Waals surface area (Å²) in [6.45, 7) is 1.80. The maximum atomic E-state index is 5.28. The molecule has 5 nitrogen and oxygen atoms in total. The lowest BCUT2D eigenvalue weighted by atomic mass is 10.1. The van der Waals surface area contributed by atoms with Gasteiger partial charge in [0.25, 0.3) is 5.89 Å². The van der Waals surface area contributed by atoms with Crippen LogP contribution in [0.2, 0.25) is 0 Å². The Kier molecular flexibility index (Phi) is 2.57. The maximum absolute atomic E-state index is 5.28. The van der Waals surface area contributed by atoms with Crippen molar-refractivity contribution in [1.82, 2.24) is 20.1 Å². The monoisotopic (exact) mass is 276 g/mol. The predicted octanol–water partition coefficient (Wildman–Crippen LogP) is 3.59. The number of para-hydroxylation sites is 2. The van der Waals surface area contributed by atoms with Crippen LogP contribution in [0.15, 0.2) is 53.1 Å². The SMILES string of the molecule is Cc1noc(-c2ccccc2-c2nc3ccccc3[nH]2)n1. The molecular weight excluding hydrogens is 264 g/mol. The van der Waals surface area contributed by atoms with E-state index in [4.69, 9.17) is 4.52 Å². The lowest BCUT2D eigenvalue weighted by molar-refractivity contribution is 0.425. The molecule has 0 bridgehead atoms. The number of hydrogen-bond acceptors (Lipinski definition) is 4. The highest BCUT2D eigenvalue weighted by atomic mass is 16.5. The minimum atomic E-state index is 0.503. The number of benzene rings is 2. The Hall–Kier alpha value is -2.95. The Bertz CT molecular complexity index is 890. The molecule has 0 fully saturated rings. The molecule has 0 amide bonds. The average molecular weight is 276 g/mol. The molecule has 0 atom stereocenters. The molecule has 5 heteroatoms. The third kappa shape index (κ3) is 1.99. The van der Waals surface area contributed by atoms with Crippen LogP contribution in [0.25, 0.3) is 33.9 Å². The number of imidazole rings is 1. The Morgan fingerprint density at radius 1 is 0.905 bits per heavy atom. The number of aromatic nitrogens is 4. The first-order valence-electron chi connectivity index (χ1n) is 6.66. The second-order valence-corrected chi connectivity index (χ2v) is 4.79. The molecule has 0 aliphatic rings. The molecule has 1 N–H and O–H groups in total. The van der Waals surface area contributed by atoms with Crippen molar-refractivity contribution in [3.63, 3.8) is 0 Å². The first-order valence-corrected chi connectivity index (χ1v) is 6.66. The van der Waals surface area contributed by atoms with Gasteiger partial charge in [-0.2, -0.15) is 4.98 Å². The summed E-state index contributed by atoms with van der Waals surface area (Å²) >= 11 is 0. The van der Waals surface area contributed by atoms with Gasteiger partial charge in [-0.05, 0) is 25.1 Å². The van der Waals surface area contributed by atoms with Gasteiger partial charge in [0.2, 0.25) is 0 Å². The van der Waals surface area contributed by atoms with Gasteiger partial charge in [0.1, 0.15) is 5.82 Å². The van der Waals surface area contributed by atoms with E-state index in [9.17, 15) is 0 Å². The zero-order valence-corrected chi connectivity index (χ0v) is 11.4. The van der Waals surface area contributed by atoms with Crippen LogP contribution in [0, 0.1) is 6.92 Å². The highest BCUT2D eigenvalue weighted by molar-refractivity contribution is 5.83. The molecule has 2 heterocycles. The van der Waals surface area contributed by atoms with Gasteiger partial charge in [-0.25, -0.2) is 4.98 Å². The van der Waals surface area contributed by atoms with E-state index in [2.05, 4.69) is 20.1 Å². The molecule has 4 rings (SSSR count). The minimum absolute atomic E-state index is 0.503. The fraction of sp³-hybridized carbons (Fsp3) is 0.0625. The summed E-state index contributed by atoms with van der Waals surface area (Å²) in [5.74, 6) is 1.91. The molecular formula is C16H12N4O. The molecule has 0 radical (unpaired) electrons. The van der Waals surface area contributed by atoms with E-state index in [0.717, 1.165) is 28.0 Å². The molecule has 102 valence electrons. The van der Waals surface area contributed by atoms with Crippen LogP contribution in [0.1, 0.15) is 5.82 Å². The number of aryl methyl sites for hydroxylation is 1. The molecule has 0 aliphatic heterocycles. The first kappa shape index (κ1) is 11.8. The predicted molar refractivity (Wildman–Crippen MR) is 79.6 cm³/mol. The Morgan fingerprint density at radius 3 is 2.43 bits per heavy atom. The number of hydrogen-bond donors (Lipinski definition) is 1. The Balaban J connectivity index is 1.92. The summed E-state index contributed by atoms with van der Waals surface area (Å²) in [5.41, 5.74) is 3.75. The lowest BCUT2D eigenvalue weighted by Crippen LogP contribution is -1.87. The standard InChI is InChI=1S/C16H12N4O/c1-10-17-16(21-20-10)12-7-3-2-6-11(12)15-18-13-8-4-5-9-14(13)19-15/h2-9H,1H3,(H,18,19). The normalized spacial score (nSPS) is 11.1. The smallest absolute Gasteiger partial charge is 0.258 e. The first-order chi connectivity index (χ1) is 10.3. The summed E-state index contributed by atoms with van der Waals surface area (Å²) in [6, 6.07) is 15.8. The average Bonchev–Trinajstić information content (AvgIpc) is 3.13. The van der Waals surface area contributed by atoms with E-state index in [-0.39, 0.29) is 0 Å². The van der Waals surface area contributed by atoms with Gasteiger partial charge in [0, 0.05) is 5.56 Å². The molecule has 0 spiro atoms. The number of rotatable bonds is 2. The number of nitrogens with zero attached hydrogens (tertiary/aromatic N) is 3. The summed E-state index contributed by atoms with van der Waals surface area (Å²) in [6.07, 6.45) is 0. The summed E-state index contributed by atoms with van der Waals surface area (Å²) in [7, 11) is 0. The van der Waals surface area contributed by atoms with Gasteiger partial charge in [-0.1, -0.05) is 35.5 Å². The molecule has 0 unspecified atom stereocenters. The number of nitrogens with one attached hydrogen (secondary N) is 1. The van der Waals surface area contributed by atoms with Crippen LogP contribution in [0.5, 0.6) is 0 Å². The van der Waals surface area contributed by atoms with E-state index >= 15 is 0 Å². The van der Waals surface area contributed by atoms with Crippen LogP contribution in [0.3, 0.4) is 0 Å². The van der Waals surface area contributed by atoms with Crippen LogP contribution in [-0.2, 0) is 0 Å². The van der Waals surface area contributed by atoms with Gasteiger partial charge in [0.05, 0.1) is 16.6 Å². The van der Waals surface area contributed by atoms with E-state index in [1.165, 1.54) is 0 Å². The van der Waals surface area contributed by atoms with Crippen molar-refractivity contribution in [2.24, 2.45) is 0 Å². The third-order valence-corrected chi connectivity index (χ3v) is 3.33. The van der Waals surface area contributed by atoms with Crippen LogP contribution in [-0.4, -0.2) is 20.1 Å². The van der Waals surface area contributed by atoms with Crippen molar-refractivity contribution >= 4 is 11.0 Å². The Labute approximate surface area is 120 Å². The lowest BCUT2D eigenvalue weighted by Gasteiger charge is -2.02. The molecule has 21 heavy (non-hydrogen) atoms. The second kappa shape index (κ2) is 4.56. The summed E-state index contributed by atoms with van der Waals surface area (Å²) in [4.78, 5) is 12.3. The molecule has 2 aromatic carbocycles. The van der Waals surface area contributed by atoms with Crippen LogP contribution < -0.4 is 0 Å². The van der Waals surface area contributed by atoms with Crippen molar-refractivity contribution < 1.29 is 4.52 Å². The summed E-state index contributed by atoms with van der Waals surface area (Å²) in [5, 5.41) is 3.85. The second-order valence-electron chi connectivity index (χ2n) is 4.79. The van der Waals surface area contributed by atoms with Crippen LogP contribution in [0.4, 0.5) is 0 Å². The molecule has 2 aromatic heterocycles. The number of H-pyrrole nitrogens is 1. The number of fused-ring (bicyclic) bond motifs is 1. The van der Waals surface area contributed by atoms with Gasteiger partial charge in [-0.3, -0.25) is 0 Å². The molecule has 4 aromatic rings. The van der Waals surface area contributed by atoms with Crippen molar-refractivity contribution in [2.75, 3.05) is 0 Å². The largest absolute Gasteiger partial charge is 0.338 e. The van der Waals surface area contributed by atoms with Gasteiger partial charge >= 0.3 is 0 Å². The molecule has 0 saturated heterocycles.